The largest absolute Gasteiger partial charge is 0.325 e. The average Bonchev–Trinajstić information content (AvgIpc) is 2.99. The maximum absolute atomic E-state index is 12.4. The third-order valence-electron chi connectivity index (χ3n) is 4.73. The monoisotopic (exact) mass is 290 g/mol. The van der Waals surface area contributed by atoms with Crippen LogP contribution < -0.4 is 5.32 Å². The van der Waals surface area contributed by atoms with Gasteiger partial charge in [-0.15, -0.1) is 0 Å². The second-order valence-electron chi connectivity index (χ2n) is 6.28. The van der Waals surface area contributed by atoms with Gasteiger partial charge in [0.25, 0.3) is 5.91 Å². The average molecular weight is 290 g/mol. The van der Waals surface area contributed by atoms with E-state index in [4.69, 9.17) is 0 Å². The van der Waals surface area contributed by atoms with Crippen LogP contribution in [-0.4, -0.2) is 32.2 Å². The van der Waals surface area contributed by atoms with Crippen molar-refractivity contribution in [1.82, 2.24) is 20.0 Å². The molecule has 2 unspecified atom stereocenters. The molecule has 3 amide bonds. The van der Waals surface area contributed by atoms with Gasteiger partial charge in [-0.1, -0.05) is 19.8 Å². The van der Waals surface area contributed by atoms with E-state index in [-0.39, 0.29) is 11.9 Å². The molecule has 3 rings (SSSR count). The number of rotatable bonds is 3. The summed E-state index contributed by atoms with van der Waals surface area (Å²) in [6.07, 6.45) is 7.36. The van der Waals surface area contributed by atoms with E-state index in [2.05, 4.69) is 17.3 Å². The second kappa shape index (κ2) is 5.16. The summed E-state index contributed by atoms with van der Waals surface area (Å²) in [5.41, 5.74) is 0.322. The minimum absolute atomic E-state index is 0.123. The third kappa shape index (κ3) is 2.32. The van der Waals surface area contributed by atoms with Crippen LogP contribution >= 0.6 is 0 Å². The molecule has 0 bridgehead atoms. The molecule has 1 N–H and O–H groups in total. The van der Waals surface area contributed by atoms with E-state index in [1.807, 2.05) is 17.8 Å². The van der Waals surface area contributed by atoms with Gasteiger partial charge >= 0.3 is 6.03 Å². The molecule has 6 nitrogen and oxygen atoms in total. The van der Waals surface area contributed by atoms with Crippen molar-refractivity contribution in [2.24, 2.45) is 5.92 Å². The number of amides is 3. The van der Waals surface area contributed by atoms with Gasteiger partial charge < -0.3 is 4.90 Å². The van der Waals surface area contributed by atoms with Crippen LogP contribution in [0.25, 0.3) is 0 Å². The maximum atomic E-state index is 12.4. The van der Waals surface area contributed by atoms with E-state index in [0.717, 1.165) is 37.8 Å². The molecule has 6 heteroatoms. The first kappa shape index (κ1) is 14.1. The van der Waals surface area contributed by atoms with E-state index < -0.39 is 5.54 Å². The lowest BCUT2D eigenvalue weighted by atomic mass is 9.75. The summed E-state index contributed by atoms with van der Waals surface area (Å²) in [6.45, 7) is 5.43. The number of imide groups is 1. The molecule has 1 spiro atoms. The Kier molecular flexibility index (Phi) is 3.47. The second-order valence-corrected chi connectivity index (χ2v) is 6.28. The van der Waals surface area contributed by atoms with Crippen molar-refractivity contribution >= 4 is 11.9 Å². The molecule has 1 aromatic rings. The molecule has 1 saturated carbocycles. The molecule has 1 saturated heterocycles. The first-order chi connectivity index (χ1) is 10.0. The minimum Gasteiger partial charge on any atom is -0.305 e. The van der Waals surface area contributed by atoms with Crippen LogP contribution in [0.2, 0.25) is 0 Å². The van der Waals surface area contributed by atoms with Gasteiger partial charge in [-0.3, -0.25) is 14.8 Å². The van der Waals surface area contributed by atoms with E-state index >= 15 is 0 Å². The van der Waals surface area contributed by atoms with Gasteiger partial charge in [-0.2, -0.15) is 5.10 Å². The van der Waals surface area contributed by atoms with Crippen LogP contribution in [0.5, 0.6) is 0 Å². The van der Waals surface area contributed by atoms with Gasteiger partial charge in [0.2, 0.25) is 0 Å². The predicted octanol–water partition coefficient (Wildman–Crippen LogP) is 1.90. The van der Waals surface area contributed by atoms with Crippen molar-refractivity contribution in [3.05, 3.63) is 18.0 Å². The minimum atomic E-state index is -0.650. The summed E-state index contributed by atoms with van der Waals surface area (Å²) in [5.74, 6) is 0.346. The third-order valence-corrected chi connectivity index (χ3v) is 4.73. The molecule has 0 aromatic carbocycles. The van der Waals surface area contributed by atoms with Crippen molar-refractivity contribution < 1.29 is 9.59 Å². The Morgan fingerprint density at radius 3 is 2.95 bits per heavy atom. The Morgan fingerprint density at radius 2 is 2.29 bits per heavy atom. The van der Waals surface area contributed by atoms with Gasteiger partial charge in [-0.25, -0.2) is 4.79 Å². The normalized spacial score (nSPS) is 29.2. The molecule has 114 valence electrons. The molecule has 1 aliphatic heterocycles. The Bertz CT molecular complexity index is 568. The summed E-state index contributed by atoms with van der Waals surface area (Å²) in [5, 5.41) is 6.75. The number of nitrogens with zero attached hydrogens (tertiary/aromatic N) is 3. The van der Waals surface area contributed by atoms with Gasteiger partial charge in [0.05, 0.1) is 12.7 Å². The molecule has 2 heterocycles. The molecule has 2 fully saturated rings. The van der Waals surface area contributed by atoms with Crippen molar-refractivity contribution in [2.75, 3.05) is 0 Å². The molecule has 1 aliphatic carbocycles. The maximum Gasteiger partial charge on any atom is 0.325 e. The SMILES string of the molecule is CCn1cc(CN2C(=O)NC(=O)C23CCCC(C)C3)cn1. The van der Waals surface area contributed by atoms with Crippen molar-refractivity contribution in [3.8, 4) is 0 Å². The molecule has 1 aromatic heterocycles. The van der Waals surface area contributed by atoms with Crippen LogP contribution in [0.15, 0.2) is 12.4 Å². The molecule has 2 atom stereocenters. The number of aryl methyl sites for hydroxylation is 1. The first-order valence-electron chi connectivity index (χ1n) is 7.69. The van der Waals surface area contributed by atoms with E-state index in [9.17, 15) is 9.59 Å². The fourth-order valence-corrected chi connectivity index (χ4v) is 3.64. The van der Waals surface area contributed by atoms with Crippen molar-refractivity contribution in [2.45, 2.75) is 58.2 Å². The lowest BCUT2D eigenvalue weighted by molar-refractivity contribution is -0.129. The smallest absolute Gasteiger partial charge is 0.305 e. The number of urea groups is 1. The number of hydrogen-bond donors (Lipinski definition) is 1. The van der Waals surface area contributed by atoms with Crippen LogP contribution in [0.1, 0.15) is 45.1 Å². The lowest BCUT2D eigenvalue weighted by Crippen LogP contribution is -2.52. The number of aromatic nitrogens is 2. The van der Waals surface area contributed by atoms with Gasteiger partial charge in [0, 0.05) is 18.3 Å². The molecule has 0 radical (unpaired) electrons. The number of carbonyl (C=O) groups is 2. The Balaban J connectivity index is 1.86. The van der Waals surface area contributed by atoms with E-state index in [1.54, 1.807) is 11.1 Å². The fraction of sp³-hybridized carbons (Fsp3) is 0.667. The molecule has 21 heavy (non-hydrogen) atoms. The van der Waals surface area contributed by atoms with Crippen LogP contribution in [0.3, 0.4) is 0 Å². The predicted molar refractivity (Wildman–Crippen MR) is 77.3 cm³/mol. The summed E-state index contributed by atoms with van der Waals surface area (Å²) >= 11 is 0. The summed E-state index contributed by atoms with van der Waals surface area (Å²) < 4.78 is 1.83. The van der Waals surface area contributed by atoms with E-state index in [1.165, 1.54) is 0 Å². The van der Waals surface area contributed by atoms with Gasteiger partial charge in [0.15, 0.2) is 0 Å². The molecule has 2 aliphatic rings. The van der Waals surface area contributed by atoms with Crippen LogP contribution in [0.4, 0.5) is 4.79 Å². The van der Waals surface area contributed by atoms with Gasteiger partial charge in [0.1, 0.15) is 5.54 Å². The fourth-order valence-electron chi connectivity index (χ4n) is 3.64. The molecular formula is C15H22N4O2. The molecular weight excluding hydrogens is 268 g/mol. The summed E-state index contributed by atoms with van der Waals surface area (Å²) in [7, 11) is 0. The topological polar surface area (TPSA) is 67.2 Å². The van der Waals surface area contributed by atoms with E-state index in [0.29, 0.717) is 12.5 Å². The van der Waals surface area contributed by atoms with Gasteiger partial charge in [-0.05, 0) is 25.7 Å². The summed E-state index contributed by atoms with van der Waals surface area (Å²) in [6, 6.07) is -0.265. The Morgan fingerprint density at radius 1 is 1.48 bits per heavy atom. The quantitative estimate of drug-likeness (QED) is 0.865. The zero-order valence-corrected chi connectivity index (χ0v) is 12.6. The highest BCUT2D eigenvalue weighted by Crippen LogP contribution is 2.40. The zero-order chi connectivity index (χ0) is 15.0. The summed E-state index contributed by atoms with van der Waals surface area (Å²) in [4.78, 5) is 26.3. The highest BCUT2D eigenvalue weighted by Gasteiger charge is 2.54. The Hall–Kier alpha value is -1.85. The van der Waals surface area contributed by atoms with Crippen molar-refractivity contribution in [3.63, 3.8) is 0 Å². The first-order valence-corrected chi connectivity index (χ1v) is 7.69. The lowest BCUT2D eigenvalue weighted by Gasteiger charge is -2.40. The van der Waals surface area contributed by atoms with Crippen molar-refractivity contribution in [1.29, 1.82) is 0 Å². The highest BCUT2D eigenvalue weighted by molar-refractivity contribution is 6.07. The number of carbonyl (C=O) groups excluding carboxylic acids is 2. The number of hydrogen-bond acceptors (Lipinski definition) is 3. The standard InChI is InChI=1S/C15H22N4O2/c1-3-18-9-12(8-16-18)10-19-14(21)17-13(20)15(19)6-4-5-11(2)7-15/h8-9,11H,3-7,10H2,1-2H3,(H,17,20,21). The Labute approximate surface area is 124 Å². The highest BCUT2D eigenvalue weighted by atomic mass is 16.2. The zero-order valence-electron chi connectivity index (χ0n) is 12.6. The van der Waals surface area contributed by atoms with Crippen LogP contribution in [-0.2, 0) is 17.9 Å². The number of nitrogens with one attached hydrogen (secondary N) is 1. The van der Waals surface area contributed by atoms with Crippen LogP contribution in [0, 0.1) is 5.92 Å².